The zero-order chi connectivity index (χ0) is 19.1. The molecule has 4 rings (SSSR count). The maximum Gasteiger partial charge on any atom is 0.228 e. The lowest BCUT2D eigenvalue weighted by molar-refractivity contribution is -0.118. The van der Waals surface area contributed by atoms with Gasteiger partial charge in [0.2, 0.25) is 5.91 Å². The van der Waals surface area contributed by atoms with Crippen LogP contribution in [0.4, 0.5) is 11.4 Å². The van der Waals surface area contributed by atoms with Crippen LogP contribution in [0.1, 0.15) is 33.1 Å². The first-order chi connectivity index (χ1) is 12.9. The van der Waals surface area contributed by atoms with E-state index in [1.807, 2.05) is 12.1 Å². The average Bonchev–Trinajstić information content (AvgIpc) is 3.34. The second kappa shape index (κ2) is 6.99. The molecule has 0 aromatic heterocycles. The summed E-state index contributed by atoms with van der Waals surface area (Å²) in [7, 11) is 1.65. The quantitative estimate of drug-likeness (QED) is 0.878. The van der Waals surface area contributed by atoms with Crippen molar-refractivity contribution in [3.05, 3.63) is 18.2 Å². The molecule has 0 bridgehead atoms. The molecule has 3 aliphatic rings. The summed E-state index contributed by atoms with van der Waals surface area (Å²) < 4.78 is 16.8. The molecule has 2 saturated heterocycles. The minimum absolute atomic E-state index is 0.103. The van der Waals surface area contributed by atoms with Crippen LogP contribution in [0.15, 0.2) is 18.2 Å². The molecular formula is C21H30N2O4. The lowest BCUT2D eigenvalue weighted by Gasteiger charge is -2.39. The van der Waals surface area contributed by atoms with Crippen molar-refractivity contribution in [2.24, 2.45) is 11.3 Å². The Morgan fingerprint density at radius 2 is 2.04 bits per heavy atom. The standard InChI is InChI=1S/C21H30N2O4/c1-20(2)14-23(8-11-27-20)15-4-5-17(18(12-15)25-3)22-19(24)16-13-21(16)6-9-26-10-7-21/h4-5,12,16H,6-11,13-14H2,1-3H3,(H,22,24)/t16-/m0/s1. The minimum atomic E-state index is -0.164. The SMILES string of the molecule is COc1cc(N2CCOC(C)(C)C2)ccc1NC(=O)[C@@H]1CC12CCOCC2. The number of carbonyl (C=O) groups is 1. The summed E-state index contributed by atoms with van der Waals surface area (Å²) in [5, 5.41) is 3.09. The first-order valence-corrected chi connectivity index (χ1v) is 9.88. The van der Waals surface area contributed by atoms with Crippen molar-refractivity contribution in [2.75, 3.05) is 50.2 Å². The second-order valence-electron chi connectivity index (χ2n) is 8.64. The van der Waals surface area contributed by atoms with Crippen LogP contribution in [-0.2, 0) is 14.3 Å². The van der Waals surface area contributed by atoms with Gasteiger partial charge in [-0.25, -0.2) is 0 Å². The molecule has 1 N–H and O–H groups in total. The molecule has 0 unspecified atom stereocenters. The number of carbonyl (C=O) groups excluding carboxylic acids is 1. The lowest BCUT2D eigenvalue weighted by Crippen LogP contribution is -2.48. The van der Waals surface area contributed by atoms with Crippen LogP contribution in [0.25, 0.3) is 0 Å². The number of methoxy groups -OCH3 is 1. The maximum absolute atomic E-state index is 12.8. The van der Waals surface area contributed by atoms with Gasteiger partial charge in [-0.3, -0.25) is 4.79 Å². The van der Waals surface area contributed by atoms with Crippen molar-refractivity contribution in [3.63, 3.8) is 0 Å². The van der Waals surface area contributed by atoms with Gasteiger partial charge in [-0.05, 0) is 50.7 Å². The predicted molar refractivity (Wildman–Crippen MR) is 104 cm³/mol. The third-order valence-electron chi connectivity index (χ3n) is 6.23. The molecule has 1 atom stereocenters. The second-order valence-corrected chi connectivity index (χ2v) is 8.64. The van der Waals surface area contributed by atoms with Gasteiger partial charge >= 0.3 is 0 Å². The van der Waals surface area contributed by atoms with Crippen LogP contribution >= 0.6 is 0 Å². The Balaban J connectivity index is 1.45. The summed E-state index contributed by atoms with van der Waals surface area (Å²) >= 11 is 0. The van der Waals surface area contributed by atoms with Crippen molar-refractivity contribution < 1.29 is 19.0 Å². The van der Waals surface area contributed by atoms with E-state index in [9.17, 15) is 4.79 Å². The molecule has 148 valence electrons. The van der Waals surface area contributed by atoms with Crippen LogP contribution in [0.2, 0.25) is 0 Å². The molecule has 1 amide bonds. The molecule has 1 spiro atoms. The highest BCUT2D eigenvalue weighted by Gasteiger charge is 2.58. The number of anilines is 2. The Hall–Kier alpha value is -1.79. The average molecular weight is 374 g/mol. The van der Waals surface area contributed by atoms with Crippen molar-refractivity contribution in [3.8, 4) is 5.75 Å². The molecule has 1 aromatic carbocycles. The summed E-state index contributed by atoms with van der Waals surface area (Å²) in [6.07, 6.45) is 2.97. The van der Waals surface area contributed by atoms with Gasteiger partial charge in [-0.2, -0.15) is 0 Å². The molecule has 2 aliphatic heterocycles. The molecule has 1 aliphatic carbocycles. The predicted octanol–water partition coefficient (Wildman–Crippen LogP) is 3.07. The van der Waals surface area contributed by atoms with Crippen molar-refractivity contribution in [2.45, 2.75) is 38.7 Å². The Bertz CT molecular complexity index is 712. The Labute approximate surface area is 161 Å². The first kappa shape index (κ1) is 18.6. The van der Waals surface area contributed by atoms with Crippen molar-refractivity contribution >= 4 is 17.3 Å². The number of hydrogen-bond donors (Lipinski definition) is 1. The molecule has 6 heteroatoms. The summed E-state index contributed by atoms with van der Waals surface area (Å²) in [5.74, 6) is 0.910. The number of hydrogen-bond acceptors (Lipinski definition) is 5. The zero-order valence-electron chi connectivity index (χ0n) is 16.5. The van der Waals surface area contributed by atoms with Gasteiger partial charge < -0.3 is 24.4 Å². The monoisotopic (exact) mass is 374 g/mol. The van der Waals surface area contributed by atoms with Crippen LogP contribution in [0.3, 0.4) is 0 Å². The van der Waals surface area contributed by atoms with Crippen LogP contribution in [-0.4, -0.2) is 51.5 Å². The Morgan fingerprint density at radius 1 is 1.26 bits per heavy atom. The molecule has 3 fully saturated rings. The third-order valence-corrected chi connectivity index (χ3v) is 6.23. The maximum atomic E-state index is 12.8. The van der Waals surface area contributed by atoms with Crippen LogP contribution in [0, 0.1) is 11.3 Å². The number of ether oxygens (including phenoxy) is 3. The molecular weight excluding hydrogens is 344 g/mol. The van der Waals surface area contributed by atoms with Crippen molar-refractivity contribution in [1.82, 2.24) is 0 Å². The zero-order valence-corrected chi connectivity index (χ0v) is 16.5. The highest BCUT2D eigenvalue weighted by Crippen LogP contribution is 2.59. The number of amides is 1. The third kappa shape index (κ3) is 3.78. The molecule has 2 heterocycles. The summed E-state index contributed by atoms with van der Waals surface area (Å²) in [5.41, 5.74) is 1.85. The van der Waals surface area contributed by atoms with Gasteiger partial charge in [0.05, 0.1) is 25.0 Å². The van der Waals surface area contributed by atoms with Crippen LogP contribution in [0.5, 0.6) is 5.75 Å². The van der Waals surface area contributed by atoms with E-state index in [1.165, 1.54) is 0 Å². The highest BCUT2D eigenvalue weighted by molar-refractivity contribution is 5.96. The van der Waals surface area contributed by atoms with Gasteiger partial charge in [-0.15, -0.1) is 0 Å². The topological polar surface area (TPSA) is 60.0 Å². The molecule has 1 saturated carbocycles. The van der Waals surface area contributed by atoms with E-state index in [2.05, 4.69) is 30.1 Å². The van der Waals surface area contributed by atoms with Gasteiger partial charge in [0.15, 0.2) is 0 Å². The highest BCUT2D eigenvalue weighted by atomic mass is 16.5. The largest absolute Gasteiger partial charge is 0.494 e. The normalized spacial score (nSPS) is 25.9. The summed E-state index contributed by atoms with van der Waals surface area (Å²) in [4.78, 5) is 15.1. The van der Waals surface area contributed by atoms with E-state index in [0.29, 0.717) is 12.4 Å². The molecule has 6 nitrogen and oxygen atoms in total. The van der Waals surface area contributed by atoms with E-state index in [-0.39, 0.29) is 22.8 Å². The van der Waals surface area contributed by atoms with Gasteiger partial charge in [-0.1, -0.05) is 0 Å². The van der Waals surface area contributed by atoms with Crippen molar-refractivity contribution in [1.29, 1.82) is 0 Å². The Morgan fingerprint density at radius 3 is 2.74 bits per heavy atom. The fraction of sp³-hybridized carbons (Fsp3) is 0.667. The number of benzene rings is 1. The number of morpholine rings is 1. The lowest BCUT2D eigenvalue weighted by atomic mass is 9.93. The minimum Gasteiger partial charge on any atom is -0.494 e. The fourth-order valence-electron chi connectivity index (χ4n) is 4.49. The molecule has 0 radical (unpaired) electrons. The number of rotatable bonds is 4. The Kier molecular flexibility index (Phi) is 4.80. The van der Waals surface area contributed by atoms with Gasteiger partial charge in [0, 0.05) is 44.0 Å². The van der Waals surface area contributed by atoms with Crippen LogP contribution < -0.4 is 15.0 Å². The first-order valence-electron chi connectivity index (χ1n) is 9.88. The number of nitrogens with zero attached hydrogens (tertiary/aromatic N) is 1. The molecule has 27 heavy (non-hydrogen) atoms. The van der Waals surface area contributed by atoms with E-state index >= 15 is 0 Å². The summed E-state index contributed by atoms with van der Waals surface area (Å²) in [6.45, 7) is 8.15. The summed E-state index contributed by atoms with van der Waals surface area (Å²) in [6, 6.07) is 6.01. The van der Waals surface area contributed by atoms with Gasteiger partial charge in [0.25, 0.3) is 0 Å². The molecule has 1 aromatic rings. The van der Waals surface area contributed by atoms with E-state index in [0.717, 1.165) is 56.9 Å². The number of nitrogens with one attached hydrogen (secondary N) is 1. The van der Waals surface area contributed by atoms with E-state index in [4.69, 9.17) is 14.2 Å². The van der Waals surface area contributed by atoms with Gasteiger partial charge in [0.1, 0.15) is 5.75 Å². The van der Waals surface area contributed by atoms with E-state index < -0.39 is 0 Å². The fourth-order valence-corrected chi connectivity index (χ4v) is 4.49. The van der Waals surface area contributed by atoms with E-state index in [1.54, 1.807) is 7.11 Å². The smallest absolute Gasteiger partial charge is 0.228 e.